The molecule has 1 saturated heterocycles. The number of carbonyl (C=O) groups excluding carboxylic acids is 1. The highest BCUT2D eigenvalue weighted by atomic mass is 19.1. The lowest BCUT2D eigenvalue weighted by Gasteiger charge is -2.34. The van der Waals surface area contributed by atoms with Crippen LogP contribution in [0.1, 0.15) is 5.56 Å². The summed E-state index contributed by atoms with van der Waals surface area (Å²) >= 11 is 0. The van der Waals surface area contributed by atoms with Gasteiger partial charge in [0.1, 0.15) is 11.6 Å². The van der Waals surface area contributed by atoms with Crippen molar-refractivity contribution in [3.63, 3.8) is 0 Å². The fraction of sp³-hybridized carbons (Fsp3) is 0.310. The number of piperazine rings is 1. The molecule has 0 amide bonds. The third-order valence-corrected chi connectivity index (χ3v) is 6.79. The third kappa shape index (κ3) is 6.32. The molecule has 2 aromatic heterocycles. The molecule has 2 aromatic carbocycles. The number of H-pyrrole nitrogens is 1. The molecule has 0 saturated carbocycles. The fourth-order valence-corrected chi connectivity index (χ4v) is 4.62. The van der Waals surface area contributed by atoms with Crippen LogP contribution in [0.2, 0.25) is 0 Å². The molecular formula is C29H32F2N8O. The standard InChI is InChI=1S/C29H32F2N8O/c1-37(2)10-4-5-21(40)15-19-6-8-24(30)22(16-19)27-23-18-32-36-28(23)35-29(34-27)33-20-7-9-25(31)26(17-20)39-13-11-38(3)12-14-39/h4-9,16-18H,10-15H2,1-3H3,(H2,32,33,34,35,36)/b5-4+. The van der Waals surface area contributed by atoms with Crippen LogP contribution in [0.5, 0.6) is 0 Å². The number of hydrogen-bond donors (Lipinski definition) is 2. The molecule has 0 spiro atoms. The Morgan fingerprint density at radius 2 is 1.85 bits per heavy atom. The second kappa shape index (κ2) is 11.9. The molecule has 3 heterocycles. The van der Waals surface area contributed by atoms with Gasteiger partial charge in [-0.25, -0.2) is 13.8 Å². The van der Waals surface area contributed by atoms with Crippen molar-refractivity contribution in [2.24, 2.45) is 0 Å². The van der Waals surface area contributed by atoms with E-state index in [0.29, 0.717) is 40.2 Å². The van der Waals surface area contributed by atoms with E-state index < -0.39 is 5.82 Å². The minimum absolute atomic E-state index is 0.0784. The van der Waals surface area contributed by atoms with Gasteiger partial charge in [-0.15, -0.1) is 0 Å². The molecule has 1 aliphatic heterocycles. The largest absolute Gasteiger partial charge is 0.367 e. The van der Waals surface area contributed by atoms with Gasteiger partial charge in [0, 0.05) is 50.4 Å². The molecule has 2 N–H and O–H groups in total. The number of hydrogen-bond acceptors (Lipinski definition) is 8. The smallest absolute Gasteiger partial charge is 0.229 e. The zero-order valence-corrected chi connectivity index (χ0v) is 22.8. The molecule has 0 radical (unpaired) electrons. The van der Waals surface area contributed by atoms with Crippen LogP contribution in [0.15, 0.2) is 54.7 Å². The van der Waals surface area contributed by atoms with Crippen LogP contribution in [-0.4, -0.2) is 89.6 Å². The Bertz CT molecular complexity index is 1540. The normalized spacial score (nSPS) is 14.5. The van der Waals surface area contributed by atoms with Gasteiger partial charge in [0.05, 0.1) is 23.0 Å². The Morgan fingerprint density at radius 1 is 1.07 bits per heavy atom. The maximum atomic E-state index is 15.1. The first-order valence-corrected chi connectivity index (χ1v) is 13.1. The van der Waals surface area contributed by atoms with Crippen LogP contribution < -0.4 is 10.2 Å². The van der Waals surface area contributed by atoms with E-state index in [9.17, 15) is 9.18 Å². The number of halogens is 2. The van der Waals surface area contributed by atoms with Crippen molar-refractivity contribution in [3.8, 4) is 11.3 Å². The minimum Gasteiger partial charge on any atom is -0.367 e. The number of benzene rings is 2. The second-order valence-electron chi connectivity index (χ2n) is 10.2. The first kappa shape index (κ1) is 27.4. The van der Waals surface area contributed by atoms with Crippen molar-refractivity contribution in [2.45, 2.75) is 6.42 Å². The lowest BCUT2D eigenvalue weighted by atomic mass is 10.0. The van der Waals surface area contributed by atoms with Crippen molar-refractivity contribution in [1.82, 2.24) is 30.0 Å². The van der Waals surface area contributed by atoms with Crippen molar-refractivity contribution in [3.05, 3.63) is 71.9 Å². The van der Waals surface area contributed by atoms with Gasteiger partial charge >= 0.3 is 0 Å². The van der Waals surface area contributed by atoms with Gasteiger partial charge in [0.15, 0.2) is 11.4 Å². The summed E-state index contributed by atoms with van der Waals surface area (Å²) in [4.78, 5) is 27.7. The molecule has 0 bridgehead atoms. The predicted molar refractivity (Wildman–Crippen MR) is 153 cm³/mol. The highest BCUT2D eigenvalue weighted by Gasteiger charge is 2.19. The molecule has 11 heteroatoms. The van der Waals surface area contributed by atoms with E-state index >= 15 is 4.39 Å². The number of carbonyl (C=O) groups is 1. The minimum atomic E-state index is -0.481. The first-order chi connectivity index (χ1) is 19.3. The Kier molecular flexibility index (Phi) is 8.13. The molecule has 1 aliphatic rings. The van der Waals surface area contributed by atoms with Crippen LogP contribution >= 0.6 is 0 Å². The lowest BCUT2D eigenvalue weighted by Crippen LogP contribution is -2.44. The molecule has 40 heavy (non-hydrogen) atoms. The van der Waals surface area contributed by atoms with E-state index in [-0.39, 0.29) is 29.5 Å². The number of nitrogens with one attached hydrogen (secondary N) is 2. The Balaban J connectivity index is 1.44. The molecule has 0 unspecified atom stereocenters. The van der Waals surface area contributed by atoms with Crippen LogP contribution in [0.25, 0.3) is 22.3 Å². The van der Waals surface area contributed by atoms with Gasteiger partial charge in [0.2, 0.25) is 5.95 Å². The topological polar surface area (TPSA) is 93.3 Å². The van der Waals surface area contributed by atoms with Crippen LogP contribution in [0, 0.1) is 11.6 Å². The predicted octanol–water partition coefficient (Wildman–Crippen LogP) is 4.02. The summed E-state index contributed by atoms with van der Waals surface area (Å²) in [5, 5.41) is 10.6. The lowest BCUT2D eigenvalue weighted by molar-refractivity contribution is -0.114. The summed E-state index contributed by atoms with van der Waals surface area (Å²) in [7, 11) is 5.89. The number of likely N-dealkylation sites (N-methyl/N-ethyl adjacent to an activating group) is 2. The summed E-state index contributed by atoms with van der Waals surface area (Å²) in [6.07, 6.45) is 5.02. The van der Waals surface area contributed by atoms with Gasteiger partial charge in [-0.3, -0.25) is 9.89 Å². The van der Waals surface area contributed by atoms with Crippen molar-refractivity contribution < 1.29 is 13.6 Å². The maximum Gasteiger partial charge on any atom is 0.229 e. The van der Waals surface area contributed by atoms with E-state index in [1.165, 1.54) is 12.1 Å². The average Bonchev–Trinajstić information content (AvgIpc) is 3.40. The van der Waals surface area contributed by atoms with Crippen LogP contribution in [-0.2, 0) is 11.2 Å². The number of nitrogens with zero attached hydrogens (tertiary/aromatic N) is 6. The number of aromatic amines is 1. The van der Waals surface area contributed by atoms with Crippen molar-refractivity contribution in [2.75, 3.05) is 64.1 Å². The Labute approximate surface area is 231 Å². The first-order valence-electron chi connectivity index (χ1n) is 13.1. The number of allylic oxidation sites excluding steroid dienone is 1. The number of aromatic nitrogens is 4. The monoisotopic (exact) mass is 546 g/mol. The number of rotatable bonds is 9. The Morgan fingerprint density at radius 3 is 2.62 bits per heavy atom. The highest BCUT2D eigenvalue weighted by molar-refractivity contribution is 5.93. The zero-order chi connectivity index (χ0) is 28.2. The third-order valence-electron chi connectivity index (χ3n) is 6.79. The molecular weight excluding hydrogens is 514 g/mol. The van der Waals surface area contributed by atoms with E-state index in [1.807, 2.05) is 30.9 Å². The molecule has 4 aromatic rings. The number of fused-ring (bicyclic) bond motifs is 1. The summed E-state index contributed by atoms with van der Waals surface area (Å²) in [5.74, 6) is -0.656. The maximum absolute atomic E-state index is 15.1. The van der Waals surface area contributed by atoms with Crippen molar-refractivity contribution >= 4 is 34.1 Å². The quantitative estimate of drug-likeness (QED) is 0.304. The molecule has 208 valence electrons. The molecule has 1 fully saturated rings. The van der Waals surface area contributed by atoms with E-state index in [4.69, 9.17) is 0 Å². The highest BCUT2D eigenvalue weighted by Crippen LogP contribution is 2.31. The molecule has 0 aliphatic carbocycles. The number of ketones is 1. The Hall–Kier alpha value is -4.22. The van der Waals surface area contributed by atoms with Gasteiger partial charge in [-0.2, -0.15) is 10.1 Å². The molecule has 9 nitrogen and oxygen atoms in total. The van der Waals surface area contributed by atoms with E-state index in [2.05, 4.69) is 30.4 Å². The SMILES string of the molecule is CN(C)C/C=C/C(=O)Cc1ccc(F)c(-c2nc(Nc3ccc(F)c(N4CCN(C)CC4)c3)nc3[nH]ncc23)c1. The molecule has 0 atom stereocenters. The van der Waals surface area contributed by atoms with Crippen LogP contribution in [0.3, 0.4) is 0 Å². The fourth-order valence-electron chi connectivity index (χ4n) is 4.62. The van der Waals surface area contributed by atoms with E-state index in [0.717, 1.165) is 26.2 Å². The van der Waals surface area contributed by atoms with Gasteiger partial charge in [-0.05, 0) is 63.1 Å². The zero-order valence-electron chi connectivity index (χ0n) is 22.8. The van der Waals surface area contributed by atoms with Gasteiger partial charge in [-0.1, -0.05) is 12.1 Å². The number of anilines is 3. The van der Waals surface area contributed by atoms with Gasteiger partial charge in [0.25, 0.3) is 0 Å². The van der Waals surface area contributed by atoms with Crippen molar-refractivity contribution in [1.29, 1.82) is 0 Å². The van der Waals surface area contributed by atoms with Gasteiger partial charge < -0.3 is 20.0 Å². The second-order valence-corrected chi connectivity index (χ2v) is 10.2. The molecule has 5 rings (SSSR count). The summed E-state index contributed by atoms with van der Waals surface area (Å²) in [6, 6.07) is 9.34. The summed E-state index contributed by atoms with van der Waals surface area (Å²) < 4.78 is 29.9. The summed E-state index contributed by atoms with van der Waals surface area (Å²) in [5.41, 5.74) is 2.75. The average molecular weight is 547 g/mol. The van der Waals surface area contributed by atoms with E-state index in [1.54, 1.807) is 42.6 Å². The summed E-state index contributed by atoms with van der Waals surface area (Å²) in [6.45, 7) is 3.80. The van der Waals surface area contributed by atoms with Crippen LogP contribution in [0.4, 0.5) is 26.1 Å².